The molecule has 22 heavy (non-hydrogen) atoms. The summed E-state index contributed by atoms with van der Waals surface area (Å²) < 4.78 is 10.1. The van der Waals surface area contributed by atoms with E-state index in [0.29, 0.717) is 0 Å². The molecule has 1 aromatic rings. The molecule has 0 saturated heterocycles. The van der Waals surface area contributed by atoms with Gasteiger partial charge in [0.05, 0.1) is 19.1 Å². The lowest BCUT2D eigenvalue weighted by atomic mass is 10.1. The minimum Gasteiger partial charge on any atom is -0.496 e. The third-order valence-corrected chi connectivity index (χ3v) is 2.78. The maximum atomic E-state index is 11.9. The highest BCUT2D eigenvalue weighted by atomic mass is 16.6. The van der Waals surface area contributed by atoms with E-state index in [4.69, 9.17) is 14.7 Å². The molecule has 8 nitrogen and oxygen atoms in total. The molecular weight excluding hydrogens is 290 g/mol. The van der Waals surface area contributed by atoms with E-state index in [0.717, 1.165) is 0 Å². The third-order valence-electron chi connectivity index (χ3n) is 2.78. The summed E-state index contributed by atoms with van der Waals surface area (Å²) in [5, 5.41) is 20.1. The van der Waals surface area contributed by atoms with Crippen LogP contribution in [0, 0.1) is 21.4 Å². The summed E-state index contributed by atoms with van der Waals surface area (Å²) in [7, 11) is 5.67. The number of rotatable bonds is 5. The first-order valence-corrected chi connectivity index (χ1v) is 6.09. The maximum Gasteiger partial charge on any atom is 0.311 e. The monoisotopic (exact) mass is 305 g/mol. The Morgan fingerprint density at radius 2 is 1.91 bits per heavy atom. The van der Waals surface area contributed by atoms with Crippen LogP contribution in [-0.4, -0.2) is 44.0 Å². The molecule has 0 aliphatic heterocycles. The van der Waals surface area contributed by atoms with E-state index >= 15 is 0 Å². The molecule has 0 saturated carbocycles. The van der Waals surface area contributed by atoms with Crippen LogP contribution in [0.15, 0.2) is 17.7 Å². The highest BCUT2D eigenvalue weighted by Gasteiger charge is 2.20. The van der Waals surface area contributed by atoms with Gasteiger partial charge < -0.3 is 14.4 Å². The number of hydrogen-bond donors (Lipinski definition) is 0. The molecule has 0 aromatic heterocycles. The van der Waals surface area contributed by atoms with Crippen LogP contribution in [0.1, 0.15) is 5.56 Å². The van der Waals surface area contributed by atoms with Gasteiger partial charge in [-0.1, -0.05) is 0 Å². The lowest BCUT2D eigenvalue weighted by Crippen LogP contribution is -2.22. The van der Waals surface area contributed by atoms with E-state index in [-0.39, 0.29) is 28.3 Å². The van der Waals surface area contributed by atoms with Gasteiger partial charge in [-0.3, -0.25) is 14.9 Å². The van der Waals surface area contributed by atoms with Crippen LogP contribution in [0.4, 0.5) is 5.69 Å². The normalized spacial score (nSPS) is 10.6. The van der Waals surface area contributed by atoms with Gasteiger partial charge in [0.15, 0.2) is 0 Å². The van der Waals surface area contributed by atoms with Crippen LogP contribution in [0.25, 0.3) is 6.08 Å². The molecule has 1 amide bonds. The van der Waals surface area contributed by atoms with Crippen molar-refractivity contribution in [1.82, 2.24) is 4.90 Å². The number of hydrogen-bond acceptors (Lipinski definition) is 6. The molecule has 0 heterocycles. The predicted octanol–water partition coefficient (Wildman–Crippen LogP) is 1.61. The van der Waals surface area contributed by atoms with Gasteiger partial charge in [0.25, 0.3) is 5.91 Å². The smallest absolute Gasteiger partial charge is 0.311 e. The molecule has 0 unspecified atom stereocenters. The Morgan fingerprint density at radius 1 is 1.32 bits per heavy atom. The fourth-order valence-electron chi connectivity index (χ4n) is 1.70. The average molecular weight is 305 g/mol. The molecule has 0 radical (unpaired) electrons. The standard InChI is InChI=1S/C14H15N3O5/c1-16(2)14(18)10(8-15)5-9-6-11(17(19)20)13(22-4)7-12(9)21-3/h5-7H,1-4H3/b10-5-. The van der Waals surface area contributed by atoms with E-state index in [1.54, 1.807) is 6.07 Å². The Balaban J connectivity index is 3.52. The predicted molar refractivity (Wildman–Crippen MR) is 78.5 cm³/mol. The quantitative estimate of drug-likeness (QED) is 0.354. The molecule has 0 atom stereocenters. The fourth-order valence-corrected chi connectivity index (χ4v) is 1.70. The molecular formula is C14H15N3O5. The number of benzene rings is 1. The number of methoxy groups -OCH3 is 2. The zero-order valence-electron chi connectivity index (χ0n) is 12.6. The van der Waals surface area contributed by atoms with Gasteiger partial charge >= 0.3 is 5.69 Å². The Kier molecular flexibility index (Phi) is 5.46. The molecule has 0 aliphatic rings. The summed E-state index contributed by atoms with van der Waals surface area (Å²) in [5.74, 6) is -0.235. The molecule has 1 rings (SSSR count). The number of likely N-dealkylation sites (N-methyl/N-ethyl adjacent to an activating group) is 1. The molecule has 0 aliphatic carbocycles. The summed E-state index contributed by atoms with van der Waals surface area (Å²) in [4.78, 5) is 23.5. The minimum absolute atomic E-state index is 0.0245. The highest BCUT2D eigenvalue weighted by Crippen LogP contribution is 2.35. The first kappa shape index (κ1) is 17.0. The van der Waals surface area contributed by atoms with E-state index in [9.17, 15) is 14.9 Å². The molecule has 0 spiro atoms. The van der Waals surface area contributed by atoms with E-state index in [1.165, 1.54) is 51.4 Å². The summed E-state index contributed by atoms with van der Waals surface area (Å²) in [6, 6.07) is 4.30. The average Bonchev–Trinajstić information content (AvgIpc) is 2.50. The largest absolute Gasteiger partial charge is 0.496 e. The number of nitrogens with zero attached hydrogens (tertiary/aromatic N) is 3. The Bertz CT molecular complexity index is 674. The first-order valence-electron chi connectivity index (χ1n) is 6.09. The van der Waals surface area contributed by atoms with Gasteiger partial charge in [-0.25, -0.2) is 0 Å². The van der Waals surface area contributed by atoms with E-state index < -0.39 is 10.8 Å². The zero-order valence-corrected chi connectivity index (χ0v) is 12.6. The molecule has 116 valence electrons. The number of nitriles is 1. The van der Waals surface area contributed by atoms with Crippen molar-refractivity contribution in [3.8, 4) is 17.6 Å². The number of ether oxygens (including phenoxy) is 2. The molecule has 0 bridgehead atoms. The number of nitro groups is 1. The van der Waals surface area contributed by atoms with E-state index in [1.807, 2.05) is 0 Å². The topological polar surface area (TPSA) is 106 Å². The second-order valence-electron chi connectivity index (χ2n) is 4.39. The summed E-state index contributed by atoms with van der Waals surface area (Å²) >= 11 is 0. The minimum atomic E-state index is -0.616. The van der Waals surface area contributed by atoms with Gasteiger partial charge in [-0.05, 0) is 6.08 Å². The van der Waals surface area contributed by atoms with Crippen molar-refractivity contribution in [3.05, 3.63) is 33.4 Å². The van der Waals surface area contributed by atoms with Crippen molar-refractivity contribution >= 4 is 17.7 Å². The van der Waals surface area contributed by atoms with Gasteiger partial charge in [0, 0.05) is 31.8 Å². The Morgan fingerprint density at radius 3 is 2.32 bits per heavy atom. The van der Waals surface area contributed by atoms with Crippen molar-refractivity contribution in [1.29, 1.82) is 5.26 Å². The number of nitro benzene ring substituents is 1. The molecule has 0 fully saturated rings. The second kappa shape index (κ2) is 7.08. The van der Waals surface area contributed by atoms with Crippen molar-refractivity contribution in [2.75, 3.05) is 28.3 Å². The second-order valence-corrected chi connectivity index (χ2v) is 4.39. The van der Waals surface area contributed by atoms with Gasteiger partial charge in [0.2, 0.25) is 5.75 Å². The zero-order chi connectivity index (χ0) is 16.9. The Hall–Kier alpha value is -3.08. The number of amides is 1. The summed E-state index contributed by atoms with van der Waals surface area (Å²) in [6.45, 7) is 0. The maximum absolute atomic E-state index is 11.9. The van der Waals surface area contributed by atoms with Gasteiger partial charge in [-0.2, -0.15) is 5.26 Å². The van der Waals surface area contributed by atoms with Gasteiger partial charge in [0.1, 0.15) is 17.4 Å². The van der Waals surface area contributed by atoms with Crippen molar-refractivity contribution < 1.29 is 19.2 Å². The summed E-state index contributed by atoms with van der Waals surface area (Å²) in [5.41, 5.74) is -0.214. The molecule has 0 N–H and O–H groups in total. The van der Waals surface area contributed by atoms with Crippen LogP contribution < -0.4 is 9.47 Å². The lowest BCUT2D eigenvalue weighted by molar-refractivity contribution is -0.385. The van der Waals surface area contributed by atoms with Crippen LogP contribution in [0.5, 0.6) is 11.5 Å². The fraction of sp³-hybridized carbons (Fsp3) is 0.286. The van der Waals surface area contributed by atoms with Crippen LogP contribution in [0.2, 0.25) is 0 Å². The van der Waals surface area contributed by atoms with Crippen molar-refractivity contribution in [2.45, 2.75) is 0 Å². The van der Waals surface area contributed by atoms with E-state index in [2.05, 4.69) is 0 Å². The van der Waals surface area contributed by atoms with Crippen LogP contribution >= 0.6 is 0 Å². The van der Waals surface area contributed by atoms with Crippen molar-refractivity contribution in [3.63, 3.8) is 0 Å². The highest BCUT2D eigenvalue weighted by molar-refractivity contribution is 6.01. The number of carbonyl (C=O) groups excluding carboxylic acids is 1. The molecule has 1 aromatic carbocycles. The van der Waals surface area contributed by atoms with Crippen LogP contribution in [0.3, 0.4) is 0 Å². The Labute approximate surface area is 127 Å². The first-order chi connectivity index (χ1) is 10.3. The van der Waals surface area contributed by atoms with Gasteiger partial charge in [-0.15, -0.1) is 0 Å². The lowest BCUT2D eigenvalue weighted by Gasteiger charge is -2.11. The third kappa shape index (κ3) is 3.52. The summed E-state index contributed by atoms with van der Waals surface area (Å²) in [6.07, 6.45) is 1.24. The molecule has 8 heteroatoms. The van der Waals surface area contributed by atoms with Crippen molar-refractivity contribution in [2.24, 2.45) is 0 Å². The number of carbonyl (C=O) groups is 1. The SMILES string of the molecule is COc1cc(OC)c([N+](=O)[O-])cc1/C=C(/C#N)C(=O)N(C)C. The van der Waals surface area contributed by atoms with Crippen LogP contribution in [-0.2, 0) is 4.79 Å².